The van der Waals surface area contributed by atoms with E-state index >= 15 is 0 Å². The van der Waals surface area contributed by atoms with Gasteiger partial charge in [0.2, 0.25) is 0 Å². The number of hydrogen-bond acceptors (Lipinski definition) is 4. The second kappa shape index (κ2) is 8.64. The quantitative estimate of drug-likeness (QED) is 0.487. The minimum atomic E-state index is 0.448. The van der Waals surface area contributed by atoms with E-state index in [1.165, 1.54) is 0 Å². The van der Waals surface area contributed by atoms with E-state index in [2.05, 4.69) is 48.1 Å². The maximum absolute atomic E-state index is 4.48. The van der Waals surface area contributed by atoms with E-state index in [-0.39, 0.29) is 0 Å². The summed E-state index contributed by atoms with van der Waals surface area (Å²) in [5.41, 5.74) is 0. The maximum atomic E-state index is 4.48. The van der Waals surface area contributed by atoms with Crippen LogP contribution < -0.4 is 5.32 Å². The van der Waals surface area contributed by atoms with Crippen molar-refractivity contribution in [3.8, 4) is 0 Å². The summed E-state index contributed by atoms with van der Waals surface area (Å²) in [6.45, 7) is 6.22. The van der Waals surface area contributed by atoms with Crippen molar-refractivity contribution in [1.82, 2.24) is 34.5 Å². The lowest BCUT2D eigenvalue weighted by Gasteiger charge is -2.39. The van der Waals surface area contributed by atoms with E-state index in [4.69, 9.17) is 0 Å². The molecule has 1 aliphatic rings. The molecular formula is C17H28N8. The molecule has 0 aliphatic carbocycles. The number of likely N-dealkylation sites (tertiary alicyclic amines) is 1. The lowest BCUT2D eigenvalue weighted by atomic mass is 9.93. The number of aliphatic imine (C=N–C) groups is 1. The highest BCUT2D eigenvalue weighted by Gasteiger charge is 2.28. The van der Waals surface area contributed by atoms with Crippen LogP contribution in [-0.4, -0.2) is 61.9 Å². The highest BCUT2D eigenvalue weighted by atomic mass is 15.3. The molecule has 3 heterocycles. The number of nitrogens with one attached hydrogen (secondary N) is 1. The Labute approximate surface area is 149 Å². The van der Waals surface area contributed by atoms with Gasteiger partial charge in [0, 0.05) is 45.6 Å². The first-order valence-corrected chi connectivity index (χ1v) is 9.03. The average molecular weight is 344 g/mol. The summed E-state index contributed by atoms with van der Waals surface area (Å²) in [5.74, 6) is 1.65. The Kier molecular flexibility index (Phi) is 6.03. The van der Waals surface area contributed by atoms with Crippen molar-refractivity contribution in [1.29, 1.82) is 0 Å². The molecule has 25 heavy (non-hydrogen) atoms. The van der Waals surface area contributed by atoms with Crippen molar-refractivity contribution < 1.29 is 0 Å². The van der Waals surface area contributed by atoms with Crippen LogP contribution in [0.15, 0.2) is 36.4 Å². The monoisotopic (exact) mass is 344 g/mol. The molecule has 0 amide bonds. The zero-order valence-electron chi connectivity index (χ0n) is 15.1. The molecule has 0 aromatic carbocycles. The Morgan fingerprint density at radius 1 is 1.24 bits per heavy atom. The van der Waals surface area contributed by atoms with Gasteiger partial charge in [0.05, 0.1) is 12.4 Å². The summed E-state index contributed by atoms with van der Waals surface area (Å²) in [6, 6.07) is 0.448. The third-order valence-corrected chi connectivity index (χ3v) is 4.93. The number of guanidine groups is 1. The number of aromatic nitrogens is 5. The molecule has 3 rings (SSSR count). The highest BCUT2D eigenvalue weighted by molar-refractivity contribution is 5.80. The van der Waals surface area contributed by atoms with Gasteiger partial charge in [-0.2, -0.15) is 0 Å². The maximum Gasteiger partial charge on any atom is 0.193 e. The Morgan fingerprint density at radius 3 is 2.80 bits per heavy atom. The molecule has 2 atom stereocenters. The number of nitrogens with zero attached hydrogens (tertiary/aromatic N) is 7. The zero-order valence-corrected chi connectivity index (χ0v) is 15.1. The van der Waals surface area contributed by atoms with Gasteiger partial charge in [0.25, 0.3) is 0 Å². The SMILES string of the molecule is CN=C(NCCCCn1cnnc1)N1CCC(C)C(n2ccnc2)C1. The van der Waals surface area contributed by atoms with E-state index in [9.17, 15) is 0 Å². The summed E-state index contributed by atoms with van der Waals surface area (Å²) in [4.78, 5) is 11.0. The summed E-state index contributed by atoms with van der Waals surface area (Å²) < 4.78 is 4.24. The largest absolute Gasteiger partial charge is 0.356 e. The van der Waals surface area contributed by atoms with Crippen molar-refractivity contribution in [2.45, 2.75) is 38.8 Å². The predicted octanol–water partition coefficient (Wildman–Crippen LogP) is 1.41. The molecule has 0 bridgehead atoms. The van der Waals surface area contributed by atoms with Crippen LogP contribution in [0.25, 0.3) is 0 Å². The lowest BCUT2D eigenvalue weighted by molar-refractivity contribution is 0.189. The zero-order chi connectivity index (χ0) is 17.5. The second-order valence-corrected chi connectivity index (χ2v) is 6.67. The number of piperidine rings is 1. The second-order valence-electron chi connectivity index (χ2n) is 6.67. The van der Waals surface area contributed by atoms with Crippen LogP contribution in [0.3, 0.4) is 0 Å². The average Bonchev–Trinajstić information content (AvgIpc) is 3.32. The third-order valence-electron chi connectivity index (χ3n) is 4.93. The van der Waals surface area contributed by atoms with Gasteiger partial charge in [-0.3, -0.25) is 4.99 Å². The molecule has 2 aromatic heterocycles. The summed E-state index contributed by atoms with van der Waals surface area (Å²) in [6.07, 6.45) is 12.7. The molecule has 8 nitrogen and oxygen atoms in total. The Hall–Kier alpha value is -2.38. The molecule has 1 fully saturated rings. The van der Waals surface area contributed by atoms with Crippen LogP contribution in [0.2, 0.25) is 0 Å². The highest BCUT2D eigenvalue weighted by Crippen LogP contribution is 2.27. The molecule has 8 heteroatoms. The molecule has 0 saturated carbocycles. The molecule has 0 radical (unpaired) electrons. The molecule has 1 saturated heterocycles. The minimum Gasteiger partial charge on any atom is -0.356 e. The number of rotatable bonds is 6. The van der Waals surface area contributed by atoms with E-state index in [1.807, 2.05) is 24.1 Å². The molecule has 136 valence electrons. The van der Waals surface area contributed by atoms with Gasteiger partial charge in [-0.25, -0.2) is 4.98 Å². The van der Waals surface area contributed by atoms with Gasteiger partial charge < -0.3 is 19.4 Å². The van der Waals surface area contributed by atoms with Crippen LogP contribution in [-0.2, 0) is 6.54 Å². The predicted molar refractivity (Wildman–Crippen MR) is 97.2 cm³/mol. The van der Waals surface area contributed by atoms with Crippen molar-refractivity contribution in [3.05, 3.63) is 31.4 Å². The fourth-order valence-corrected chi connectivity index (χ4v) is 3.38. The Bertz CT molecular complexity index is 634. The van der Waals surface area contributed by atoms with Crippen LogP contribution in [0.4, 0.5) is 0 Å². The Morgan fingerprint density at radius 2 is 2.08 bits per heavy atom. The van der Waals surface area contributed by atoms with Crippen molar-refractivity contribution in [2.24, 2.45) is 10.9 Å². The van der Waals surface area contributed by atoms with E-state index in [0.717, 1.165) is 51.4 Å². The smallest absolute Gasteiger partial charge is 0.193 e. The first-order valence-electron chi connectivity index (χ1n) is 9.03. The topological polar surface area (TPSA) is 76.2 Å². The van der Waals surface area contributed by atoms with Gasteiger partial charge in [-0.1, -0.05) is 6.92 Å². The molecule has 2 aromatic rings. The van der Waals surface area contributed by atoms with Gasteiger partial charge >= 0.3 is 0 Å². The van der Waals surface area contributed by atoms with E-state index < -0.39 is 0 Å². The van der Waals surface area contributed by atoms with Crippen LogP contribution in [0, 0.1) is 5.92 Å². The molecule has 0 spiro atoms. The Balaban J connectivity index is 1.45. The minimum absolute atomic E-state index is 0.448. The summed E-state index contributed by atoms with van der Waals surface area (Å²) in [5, 5.41) is 11.2. The van der Waals surface area contributed by atoms with Crippen molar-refractivity contribution in [2.75, 3.05) is 26.7 Å². The van der Waals surface area contributed by atoms with E-state index in [0.29, 0.717) is 12.0 Å². The first-order chi connectivity index (χ1) is 12.3. The van der Waals surface area contributed by atoms with Gasteiger partial charge in [-0.15, -0.1) is 10.2 Å². The fraction of sp³-hybridized carbons (Fsp3) is 0.647. The fourth-order valence-electron chi connectivity index (χ4n) is 3.38. The normalized spacial score (nSPS) is 21.5. The summed E-state index contributed by atoms with van der Waals surface area (Å²) in [7, 11) is 1.86. The van der Waals surface area contributed by atoms with Gasteiger partial charge in [0.1, 0.15) is 12.7 Å². The molecule has 2 unspecified atom stereocenters. The number of hydrogen-bond donors (Lipinski definition) is 1. The van der Waals surface area contributed by atoms with Crippen molar-refractivity contribution in [3.63, 3.8) is 0 Å². The number of unbranched alkanes of at least 4 members (excludes halogenated alkanes) is 1. The first kappa shape index (κ1) is 17.4. The molecule has 1 N–H and O–H groups in total. The van der Waals surface area contributed by atoms with Crippen LogP contribution >= 0.6 is 0 Å². The van der Waals surface area contributed by atoms with Crippen molar-refractivity contribution >= 4 is 5.96 Å². The molecule has 1 aliphatic heterocycles. The number of imidazole rings is 1. The molecular weight excluding hydrogens is 316 g/mol. The van der Waals surface area contributed by atoms with Gasteiger partial charge in [-0.05, 0) is 25.2 Å². The number of aryl methyl sites for hydroxylation is 1. The van der Waals surface area contributed by atoms with E-state index in [1.54, 1.807) is 12.7 Å². The van der Waals surface area contributed by atoms with Crippen LogP contribution in [0.1, 0.15) is 32.2 Å². The lowest BCUT2D eigenvalue weighted by Crippen LogP contribution is -2.49. The summed E-state index contributed by atoms with van der Waals surface area (Å²) >= 11 is 0. The van der Waals surface area contributed by atoms with Crippen LogP contribution in [0.5, 0.6) is 0 Å². The standard InChI is InChI=1S/C17H28N8/c1-15-5-9-24(11-16(15)25-10-7-19-12-25)17(18-2)20-6-3-4-8-23-13-21-22-14-23/h7,10,12-16H,3-6,8-9,11H2,1-2H3,(H,18,20). The third kappa shape index (κ3) is 4.58. The van der Waals surface area contributed by atoms with Gasteiger partial charge in [0.15, 0.2) is 5.96 Å².